The molecule has 0 saturated heterocycles. The molecule has 0 radical (unpaired) electrons. The lowest BCUT2D eigenvalue weighted by Crippen LogP contribution is -2.48. The van der Waals surface area contributed by atoms with Gasteiger partial charge in [0.1, 0.15) is 0 Å². The third kappa shape index (κ3) is 5.68. The molecule has 0 spiro atoms. The van der Waals surface area contributed by atoms with Gasteiger partial charge in [-0.1, -0.05) is 25.7 Å². The molecule has 2 aliphatic carbocycles. The molecule has 27 heavy (non-hydrogen) atoms. The van der Waals surface area contributed by atoms with Gasteiger partial charge in [0.25, 0.3) is 0 Å². The summed E-state index contributed by atoms with van der Waals surface area (Å²) in [5.74, 6) is -4.82. The first-order valence-corrected chi connectivity index (χ1v) is 9.85. The number of rotatable bonds is 7. The second-order valence-electron chi connectivity index (χ2n) is 7.83. The van der Waals surface area contributed by atoms with Gasteiger partial charge in [-0.15, -0.1) is 0 Å². The van der Waals surface area contributed by atoms with E-state index < -0.39 is 35.6 Å². The van der Waals surface area contributed by atoms with Crippen LogP contribution in [0.5, 0.6) is 0 Å². The number of carboxylic acids is 2. The number of carboxylic acid groups (broad SMARTS) is 2. The molecule has 152 valence electrons. The fourth-order valence-electron chi connectivity index (χ4n) is 4.27. The van der Waals surface area contributed by atoms with Gasteiger partial charge in [-0.3, -0.25) is 19.2 Å². The summed E-state index contributed by atoms with van der Waals surface area (Å²) in [7, 11) is 0. The van der Waals surface area contributed by atoms with Crippen molar-refractivity contribution in [1.29, 1.82) is 0 Å². The van der Waals surface area contributed by atoms with Crippen LogP contribution in [-0.2, 0) is 19.2 Å². The number of nitrogens with one attached hydrogen (secondary N) is 2. The summed E-state index contributed by atoms with van der Waals surface area (Å²) in [5.41, 5.74) is 0. The number of carbonyl (C=O) groups is 4. The van der Waals surface area contributed by atoms with E-state index >= 15 is 0 Å². The van der Waals surface area contributed by atoms with E-state index in [1.807, 2.05) is 0 Å². The topological polar surface area (TPSA) is 133 Å². The molecule has 8 nitrogen and oxygen atoms in total. The molecule has 0 aliphatic heterocycles. The van der Waals surface area contributed by atoms with E-state index in [0.29, 0.717) is 25.7 Å². The van der Waals surface area contributed by atoms with Gasteiger partial charge in [-0.2, -0.15) is 0 Å². The van der Waals surface area contributed by atoms with Gasteiger partial charge in [0.05, 0.1) is 23.7 Å². The van der Waals surface area contributed by atoms with Crippen LogP contribution in [0.3, 0.4) is 0 Å². The largest absolute Gasteiger partial charge is 0.481 e. The molecule has 2 aliphatic rings. The molecule has 2 saturated carbocycles. The summed E-state index contributed by atoms with van der Waals surface area (Å²) in [6.45, 7) is 1.93. The zero-order chi connectivity index (χ0) is 20.0. The molecule has 0 heterocycles. The maximum Gasteiger partial charge on any atom is 0.307 e. The van der Waals surface area contributed by atoms with Crippen molar-refractivity contribution < 1.29 is 29.4 Å². The highest BCUT2D eigenvalue weighted by molar-refractivity contribution is 5.86. The van der Waals surface area contributed by atoms with Crippen LogP contribution in [0.4, 0.5) is 0 Å². The molecule has 2 rings (SSSR count). The smallest absolute Gasteiger partial charge is 0.307 e. The summed E-state index contributed by atoms with van der Waals surface area (Å²) in [4.78, 5) is 47.5. The summed E-state index contributed by atoms with van der Waals surface area (Å²) in [6, 6.07) is -0.357. The Balaban J connectivity index is 1.83. The zero-order valence-electron chi connectivity index (χ0n) is 15.8. The Morgan fingerprint density at radius 1 is 0.778 bits per heavy atom. The third-order valence-corrected chi connectivity index (χ3v) is 5.81. The molecule has 4 N–H and O–H groups in total. The van der Waals surface area contributed by atoms with Crippen LogP contribution in [0.1, 0.15) is 58.3 Å². The molecule has 2 fully saturated rings. The fourth-order valence-corrected chi connectivity index (χ4v) is 4.27. The van der Waals surface area contributed by atoms with E-state index in [1.54, 1.807) is 6.92 Å². The van der Waals surface area contributed by atoms with E-state index in [0.717, 1.165) is 25.7 Å². The normalized spacial score (nSPS) is 29.4. The molecule has 5 atom stereocenters. The number of carbonyl (C=O) groups excluding carboxylic acids is 2. The maximum absolute atomic E-state index is 12.4. The van der Waals surface area contributed by atoms with Crippen molar-refractivity contribution in [3.05, 3.63) is 0 Å². The number of aliphatic carboxylic acids is 2. The highest BCUT2D eigenvalue weighted by atomic mass is 16.4. The lowest BCUT2D eigenvalue weighted by molar-refractivity contribution is -0.149. The predicted octanol–water partition coefficient (Wildman–Crippen LogP) is 1.39. The van der Waals surface area contributed by atoms with E-state index in [1.165, 1.54) is 0 Å². The zero-order valence-corrected chi connectivity index (χ0v) is 15.8. The van der Waals surface area contributed by atoms with Gasteiger partial charge in [0.2, 0.25) is 11.8 Å². The molecule has 8 heteroatoms. The average Bonchev–Trinajstić information content (AvgIpc) is 2.65. The van der Waals surface area contributed by atoms with Crippen LogP contribution in [-0.4, -0.2) is 46.6 Å². The Bertz CT molecular complexity index is 579. The van der Waals surface area contributed by atoms with Crippen LogP contribution < -0.4 is 10.6 Å². The van der Waals surface area contributed by atoms with Crippen molar-refractivity contribution in [2.75, 3.05) is 6.54 Å². The minimum atomic E-state index is -0.937. The third-order valence-electron chi connectivity index (χ3n) is 5.81. The summed E-state index contributed by atoms with van der Waals surface area (Å²) in [5, 5.41) is 24.1. The van der Waals surface area contributed by atoms with Crippen LogP contribution in [0.2, 0.25) is 0 Å². The average molecular weight is 382 g/mol. The first-order chi connectivity index (χ1) is 12.8. The monoisotopic (exact) mass is 382 g/mol. The van der Waals surface area contributed by atoms with Crippen molar-refractivity contribution in [2.45, 2.75) is 64.3 Å². The number of amides is 2. The second-order valence-corrected chi connectivity index (χ2v) is 7.83. The molecular formula is C19H30N2O6. The summed E-state index contributed by atoms with van der Waals surface area (Å²) >= 11 is 0. The van der Waals surface area contributed by atoms with Gasteiger partial charge < -0.3 is 20.8 Å². The first kappa shape index (κ1) is 21.2. The summed E-state index contributed by atoms with van der Waals surface area (Å²) < 4.78 is 0. The highest BCUT2D eigenvalue weighted by Gasteiger charge is 2.37. The Morgan fingerprint density at radius 2 is 1.19 bits per heavy atom. The molecule has 0 aromatic rings. The Labute approximate surface area is 159 Å². The van der Waals surface area contributed by atoms with Gasteiger partial charge in [0, 0.05) is 12.6 Å². The standard InChI is InChI=1S/C19H30N2O6/c1-11(21-17(23)13-7-3-5-9-15(13)19(26)27)10-20-16(22)12-6-2-4-8-14(12)18(24)25/h11-15H,2-10H2,1H3,(H,20,22)(H,21,23)(H,24,25)(H,26,27)/t11?,12-,13-,14+,15+/m0/s1. The Kier molecular flexibility index (Phi) is 7.62. The van der Waals surface area contributed by atoms with Crippen LogP contribution in [0.25, 0.3) is 0 Å². The van der Waals surface area contributed by atoms with Crippen LogP contribution in [0.15, 0.2) is 0 Å². The van der Waals surface area contributed by atoms with Crippen molar-refractivity contribution in [2.24, 2.45) is 23.7 Å². The fraction of sp³-hybridized carbons (Fsp3) is 0.789. The molecule has 0 aromatic carbocycles. The molecule has 0 bridgehead atoms. The highest BCUT2D eigenvalue weighted by Crippen LogP contribution is 2.31. The Morgan fingerprint density at radius 3 is 1.63 bits per heavy atom. The van der Waals surface area contributed by atoms with E-state index in [9.17, 15) is 29.4 Å². The minimum absolute atomic E-state index is 0.192. The molecule has 0 aromatic heterocycles. The lowest BCUT2D eigenvalue weighted by atomic mass is 9.78. The molecular weight excluding hydrogens is 352 g/mol. The van der Waals surface area contributed by atoms with E-state index in [-0.39, 0.29) is 24.4 Å². The van der Waals surface area contributed by atoms with Crippen molar-refractivity contribution >= 4 is 23.8 Å². The lowest BCUT2D eigenvalue weighted by Gasteiger charge is -2.30. The maximum atomic E-state index is 12.4. The van der Waals surface area contributed by atoms with Gasteiger partial charge in [0.15, 0.2) is 0 Å². The first-order valence-electron chi connectivity index (χ1n) is 9.85. The minimum Gasteiger partial charge on any atom is -0.481 e. The van der Waals surface area contributed by atoms with Gasteiger partial charge >= 0.3 is 11.9 Å². The van der Waals surface area contributed by atoms with E-state index in [2.05, 4.69) is 10.6 Å². The quantitative estimate of drug-likeness (QED) is 0.526. The SMILES string of the molecule is CC(CNC(=O)[C@H]1CCCC[C@H]1C(=O)O)NC(=O)[C@H]1CCCC[C@H]1C(=O)O. The Hall–Kier alpha value is -2.12. The van der Waals surface area contributed by atoms with Gasteiger partial charge in [-0.25, -0.2) is 0 Å². The van der Waals surface area contributed by atoms with Crippen molar-refractivity contribution in [1.82, 2.24) is 10.6 Å². The predicted molar refractivity (Wildman–Crippen MR) is 96.8 cm³/mol. The number of hydrogen-bond acceptors (Lipinski definition) is 4. The van der Waals surface area contributed by atoms with Gasteiger partial charge in [-0.05, 0) is 32.6 Å². The summed E-state index contributed by atoms with van der Waals surface area (Å²) in [6.07, 6.45) is 5.46. The van der Waals surface area contributed by atoms with Crippen molar-refractivity contribution in [3.8, 4) is 0 Å². The van der Waals surface area contributed by atoms with Crippen LogP contribution in [0, 0.1) is 23.7 Å². The second kappa shape index (κ2) is 9.71. The number of hydrogen-bond donors (Lipinski definition) is 4. The van der Waals surface area contributed by atoms with Crippen LogP contribution >= 0.6 is 0 Å². The molecule has 1 unspecified atom stereocenters. The van der Waals surface area contributed by atoms with Crippen molar-refractivity contribution in [3.63, 3.8) is 0 Å². The van der Waals surface area contributed by atoms with E-state index in [4.69, 9.17) is 0 Å². The molecule has 2 amide bonds.